The highest BCUT2D eigenvalue weighted by atomic mass is 16.5. The Balaban J connectivity index is 1.92. The smallest absolute Gasteiger partial charge is 0.119 e. The quantitative estimate of drug-likeness (QED) is 0.865. The normalized spacial score (nSPS) is 12.1. The molecule has 2 aromatic carbocycles. The predicted octanol–water partition coefficient (Wildman–Crippen LogP) is 2.91. The van der Waals surface area contributed by atoms with Crippen LogP contribution in [0.15, 0.2) is 54.6 Å². The van der Waals surface area contributed by atoms with Crippen molar-refractivity contribution in [1.29, 1.82) is 0 Å². The Morgan fingerprint density at radius 3 is 2.32 bits per heavy atom. The molecule has 0 aromatic heterocycles. The molecule has 0 radical (unpaired) electrons. The van der Waals surface area contributed by atoms with Gasteiger partial charge in [-0.05, 0) is 23.3 Å². The van der Waals surface area contributed by atoms with Gasteiger partial charge in [0.25, 0.3) is 0 Å². The zero-order chi connectivity index (χ0) is 13.5. The highest BCUT2D eigenvalue weighted by Gasteiger charge is 2.05. The minimum absolute atomic E-state index is 0.0897. The first-order chi connectivity index (χ1) is 9.29. The van der Waals surface area contributed by atoms with Crippen LogP contribution in [0.3, 0.4) is 0 Å². The molecule has 0 fully saturated rings. The van der Waals surface area contributed by atoms with Crippen molar-refractivity contribution in [2.45, 2.75) is 12.6 Å². The third-order valence-corrected chi connectivity index (χ3v) is 2.90. The van der Waals surface area contributed by atoms with Gasteiger partial charge in [0.1, 0.15) is 12.4 Å². The number of methoxy groups -OCH3 is 1. The summed E-state index contributed by atoms with van der Waals surface area (Å²) in [7, 11) is 1.65. The maximum atomic E-state index is 5.95. The van der Waals surface area contributed by atoms with Crippen LogP contribution in [0.2, 0.25) is 0 Å². The molecule has 0 heterocycles. The van der Waals surface area contributed by atoms with Crippen molar-refractivity contribution in [3.05, 3.63) is 65.7 Å². The summed E-state index contributed by atoms with van der Waals surface area (Å²) in [5, 5.41) is 0. The van der Waals surface area contributed by atoms with Crippen molar-refractivity contribution in [1.82, 2.24) is 0 Å². The molecule has 0 aliphatic rings. The number of hydrogen-bond donors (Lipinski definition) is 1. The third kappa shape index (κ3) is 4.09. The van der Waals surface area contributed by atoms with E-state index < -0.39 is 0 Å². The molecule has 0 amide bonds. The Hall–Kier alpha value is -1.84. The number of ether oxygens (including phenoxy) is 2. The van der Waals surface area contributed by atoms with Gasteiger partial charge in [-0.25, -0.2) is 0 Å². The van der Waals surface area contributed by atoms with Crippen LogP contribution in [-0.2, 0) is 11.3 Å². The van der Waals surface area contributed by atoms with E-state index in [1.165, 1.54) is 0 Å². The van der Waals surface area contributed by atoms with Gasteiger partial charge in [0.05, 0.1) is 12.6 Å². The van der Waals surface area contributed by atoms with Gasteiger partial charge in [-0.3, -0.25) is 0 Å². The molecule has 2 N–H and O–H groups in total. The van der Waals surface area contributed by atoms with Gasteiger partial charge in [-0.1, -0.05) is 42.5 Å². The van der Waals surface area contributed by atoms with Crippen molar-refractivity contribution in [3.63, 3.8) is 0 Å². The monoisotopic (exact) mass is 257 g/mol. The van der Waals surface area contributed by atoms with Gasteiger partial charge in [-0.2, -0.15) is 0 Å². The third-order valence-electron chi connectivity index (χ3n) is 2.90. The fourth-order valence-corrected chi connectivity index (χ4v) is 1.83. The van der Waals surface area contributed by atoms with E-state index in [1.807, 2.05) is 54.6 Å². The molecule has 2 aromatic rings. The van der Waals surface area contributed by atoms with Crippen LogP contribution in [0.1, 0.15) is 17.2 Å². The molecular formula is C16H19NO2. The van der Waals surface area contributed by atoms with Crippen LogP contribution in [0.25, 0.3) is 0 Å². The van der Waals surface area contributed by atoms with Gasteiger partial charge in [0, 0.05) is 7.11 Å². The highest BCUT2D eigenvalue weighted by molar-refractivity contribution is 5.29. The topological polar surface area (TPSA) is 44.5 Å². The Morgan fingerprint density at radius 1 is 1.00 bits per heavy atom. The fourth-order valence-electron chi connectivity index (χ4n) is 1.83. The molecule has 1 unspecified atom stereocenters. The summed E-state index contributed by atoms with van der Waals surface area (Å²) in [5.74, 6) is 0.845. The highest BCUT2D eigenvalue weighted by Crippen LogP contribution is 2.17. The van der Waals surface area contributed by atoms with E-state index in [4.69, 9.17) is 15.2 Å². The Labute approximate surface area is 114 Å². The molecule has 100 valence electrons. The first kappa shape index (κ1) is 13.6. The molecule has 19 heavy (non-hydrogen) atoms. The second-order valence-electron chi connectivity index (χ2n) is 4.41. The summed E-state index contributed by atoms with van der Waals surface area (Å²) in [5.41, 5.74) is 8.16. The Morgan fingerprint density at radius 2 is 1.68 bits per heavy atom. The van der Waals surface area contributed by atoms with Crippen molar-refractivity contribution >= 4 is 0 Å². The minimum Gasteiger partial charge on any atom is -0.489 e. The van der Waals surface area contributed by atoms with E-state index in [9.17, 15) is 0 Å². The summed E-state index contributed by atoms with van der Waals surface area (Å²) in [4.78, 5) is 0. The van der Waals surface area contributed by atoms with E-state index in [2.05, 4.69) is 0 Å². The van der Waals surface area contributed by atoms with E-state index >= 15 is 0 Å². The lowest BCUT2D eigenvalue weighted by molar-refractivity contribution is 0.181. The van der Waals surface area contributed by atoms with E-state index in [-0.39, 0.29) is 6.04 Å². The second-order valence-corrected chi connectivity index (χ2v) is 4.41. The SMILES string of the molecule is COCC(N)c1ccc(OCc2ccccc2)cc1. The summed E-state index contributed by atoms with van der Waals surface area (Å²) in [6.45, 7) is 1.09. The number of rotatable bonds is 6. The van der Waals surface area contributed by atoms with Crippen LogP contribution in [0, 0.1) is 0 Å². The molecule has 1 atom stereocenters. The number of nitrogens with two attached hydrogens (primary N) is 1. The fraction of sp³-hybridized carbons (Fsp3) is 0.250. The van der Waals surface area contributed by atoms with Gasteiger partial charge in [0.15, 0.2) is 0 Å². The van der Waals surface area contributed by atoms with E-state index in [0.717, 1.165) is 16.9 Å². The Bertz CT molecular complexity index is 482. The van der Waals surface area contributed by atoms with Crippen LogP contribution in [0.4, 0.5) is 0 Å². The zero-order valence-electron chi connectivity index (χ0n) is 11.1. The maximum Gasteiger partial charge on any atom is 0.119 e. The molecule has 0 saturated carbocycles. The van der Waals surface area contributed by atoms with Crippen LogP contribution in [0.5, 0.6) is 5.75 Å². The van der Waals surface area contributed by atoms with Crippen LogP contribution >= 0.6 is 0 Å². The molecule has 0 aliphatic carbocycles. The standard InChI is InChI=1S/C16H19NO2/c1-18-12-16(17)14-7-9-15(10-8-14)19-11-13-5-3-2-4-6-13/h2-10,16H,11-12,17H2,1H3. The average molecular weight is 257 g/mol. The lowest BCUT2D eigenvalue weighted by atomic mass is 10.1. The molecular weight excluding hydrogens is 238 g/mol. The van der Waals surface area contributed by atoms with Gasteiger partial charge >= 0.3 is 0 Å². The second kappa shape index (κ2) is 6.92. The number of hydrogen-bond acceptors (Lipinski definition) is 3. The number of benzene rings is 2. The molecule has 0 spiro atoms. The van der Waals surface area contributed by atoms with Crippen molar-refractivity contribution in [3.8, 4) is 5.75 Å². The van der Waals surface area contributed by atoms with Crippen molar-refractivity contribution in [2.24, 2.45) is 5.73 Å². The summed E-state index contributed by atoms with van der Waals surface area (Å²) >= 11 is 0. The van der Waals surface area contributed by atoms with Crippen molar-refractivity contribution < 1.29 is 9.47 Å². The largest absolute Gasteiger partial charge is 0.489 e. The van der Waals surface area contributed by atoms with Gasteiger partial charge in [-0.15, -0.1) is 0 Å². The lowest BCUT2D eigenvalue weighted by Gasteiger charge is -2.12. The molecule has 3 heteroatoms. The van der Waals surface area contributed by atoms with Crippen molar-refractivity contribution in [2.75, 3.05) is 13.7 Å². The van der Waals surface area contributed by atoms with Gasteiger partial charge in [0.2, 0.25) is 0 Å². The lowest BCUT2D eigenvalue weighted by Crippen LogP contribution is -2.15. The summed E-state index contributed by atoms with van der Waals surface area (Å²) < 4.78 is 10.8. The average Bonchev–Trinajstić information content (AvgIpc) is 2.47. The minimum atomic E-state index is -0.0897. The predicted molar refractivity (Wildman–Crippen MR) is 76.0 cm³/mol. The molecule has 0 aliphatic heterocycles. The first-order valence-electron chi connectivity index (χ1n) is 6.31. The van der Waals surface area contributed by atoms with E-state index in [0.29, 0.717) is 13.2 Å². The van der Waals surface area contributed by atoms with E-state index in [1.54, 1.807) is 7.11 Å². The molecule has 3 nitrogen and oxygen atoms in total. The van der Waals surface area contributed by atoms with Gasteiger partial charge < -0.3 is 15.2 Å². The summed E-state index contributed by atoms with van der Waals surface area (Å²) in [6.07, 6.45) is 0. The van der Waals surface area contributed by atoms with Crippen LogP contribution in [-0.4, -0.2) is 13.7 Å². The molecule has 2 rings (SSSR count). The zero-order valence-corrected chi connectivity index (χ0v) is 11.1. The van der Waals surface area contributed by atoms with Crippen LogP contribution < -0.4 is 10.5 Å². The molecule has 0 saturated heterocycles. The molecule has 0 bridgehead atoms. The Kier molecular flexibility index (Phi) is 4.95. The first-order valence-corrected chi connectivity index (χ1v) is 6.31. The summed E-state index contributed by atoms with van der Waals surface area (Å²) in [6, 6.07) is 17.8. The maximum absolute atomic E-state index is 5.95.